The first-order valence-corrected chi connectivity index (χ1v) is 6.20. The number of nitrogens with two attached hydrogens (primary N) is 1. The molecule has 1 aliphatic carbocycles. The van der Waals surface area contributed by atoms with Gasteiger partial charge in [-0.15, -0.1) is 0 Å². The number of nitrogens with zero attached hydrogens (tertiary/aromatic N) is 2. The highest BCUT2D eigenvalue weighted by molar-refractivity contribution is 5.80. The van der Waals surface area contributed by atoms with Crippen molar-refractivity contribution in [3.05, 3.63) is 0 Å². The first kappa shape index (κ1) is 11.7. The molecule has 1 aliphatic heterocycles. The van der Waals surface area contributed by atoms with Crippen LogP contribution in [0.5, 0.6) is 0 Å². The van der Waals surface area contributed by atoms with Crippen molar-refractivity contribution in [2.75, 3.05) is 13.6 Å². The van der Waals surface area contributed by atoms with Crippen LogP contribution in [0.3, 0.4) is 0 Å². The Kier molecular flexibility index (Phi) is 2.31. The number of rotatable bonds is 0. The second kappa shape index (κ2) is 3.14. The Balaban J connectivity index is 2.30. The molecular weight excluding hydrogens is 198 g/mol. The maximum atomic E-state index is 5.94. The second-order valence-electron chi connectivity index (χ2n) is 7.32. The second-order valence-corrected chi connectivity index (χ2v) is 7.32. The minimum absolute atomic E-state index is 0.176. The van der Waals surface area contributed by atoms with Crippen LogP contribution in [0.25, 0.3) is 0 Å². The van der Waals surface area contributed by atoms with Gasteiger partial charge >= 0.3 is 0 Å². The lowest BCUT2D eigenvalue weighted by Crippen LogP contribution is -2.57. The Morgan fingerprint density at radius 3 is 1.94 bits per heavy atom. The number of hydrogen-bond donors (Lipinski definition) is 1. The largest absolute Gasteiger partial charge is 0.370 e. The summed E-state index contributed by atoms with van der Waals surface area (Å²) in [6, 6.07) is 0. The van der Waals surface area contributed by atoms with E-state index in [1.165, 1.54) is 19.3 Å². The van der Waals surface area contributed by atoms with Gasteiger partial charge in [0.25, 0.3) is 0 Å². The van der Waals surface area contributed by atoms with E-state index >= 15 is 0 Å². The maximum Gasteiger partial charge on any atom is 0.191 e. The van der Waals surface area contributed by atoms with Crippen LogP contribution in [0.15, 0.2) is 4.99 Å². The fourth-order valence-electron chi connectivity index (χ4n) is 4.30. The predicted molar refractivity (Wildman–Crippen MR) is 68.4 cm³/mol. The van der Waals surface area contributed by atoms with Crippen LogP contribution < -0.4 is 5.73 Å². The molecule has 0 bridgehead atoms. The topological polar surface area (TPSA) is 41.6 Å². The van der Waals surface area contributed by atoms with Gasteiger partial charge in [0, 0.05) is 7.05 Å². The normalized spacial score (nSPS) is 30.6. The zero-order chi connectivity index (χ0) is 12.2. The minimum Gasteiger partial charge on any atom is -0.370 e. The summed E-state index contributed by atoms with van der Waals surface area (Å²) in [6.45, 7) is 10.4. The monoisotopic (exact) mass is 223 g/mol. The third kappa shape index (κ3) is 1.80. The molecule has 1 saturated carbocycles. The zero-order valence-electron chi connectivity index (χ0n) is 11.3. The molecule has 2 aliphatic rings. The summed E-state index contributed by atoms with van der Waals surface area (Å²) in [5.74, 6) is 0.716. The highest BCUT2D eigenvalue weighted by Gasteiger charge is 2.51. The molecule has 0 atom stereocenters. The van der Waals surface area contributed by atoms with Gasteiger partial charge < -0.3 is 10.6 Å². The zero-order valence-corrected chi connectivity index (χ0v) is 11.3. The van der Waals surface area contributed by atoms with Crippen molar-refractivity contribution in [3.8, 4) is 0 Å². The molecule has 2 N–H and O–H groups in total. The average molecular weight is 223 g/mol. The van der Waals surface area contributed by atoms with E-state index in [1.54, 1.807) is 0 Å². The Morgan fingerprint density at radius 1 is 1.06 bits per heavy atom. The quantitative estimate of drug-likeness (QED) is 0.684. The van der Waals surface area contributed by atoms with Gasteiger partial charge in [-0.25, -0.2) is 0 Å². The summed E-state index contributed by atoms with van der Waals surface area (Å²) in [5.41, 5.74) is 6.88. The molecule has 1 fully saturated rings. The lowest BCUT2D eigenvalue weighted by molar-refractivity contribution is 0.00362. The van der Waals surface area contributed by atoms with Crippen LogP contribution in [0.1, 0.15) is 47.0 Å². The lowest BCUT2D eigenvalue weighted by atomic mass is 9.58. The molecule has 0 aromatic heterocycles. The molecular formula is C13H25N3. The van der Waals surface area contributed by atoms with Crippen LogP contribution >= 0.6 is 0 Å². The van der Waals surface area contributed by atoms with E-state index in [0.29, 0.717) is 16.8 Å². The Hall–Kier alpha value is -0.730. The molecule has 0 unspecified atom stereocenters. The van der Waals surface area contributed by atoms with Crippen molar-refractivity contribution in [2.24, 2.45) is 21.6 Å². The van der Waals surface area contributed by atoms with E-state index in [4.69, 9.17) is 5.73 Å². The van der Waals surface area contributed by atoms with Gasteiger partial charge in [-0.2, -0.15) is 0 Å². The molecule has 3 heteroatoms. The summed E-state index contributed by atoms with van der Waals surface area (Å²) < 4.78 is 0. The van der Waals surface area contributed by atoms with Crippen LogP contribution in [-0.2, 0) is 0 Å². The van der Waals surface area contributed by atoms with Crippen molar-refractivity contribution < 1.29 is 0 Å². The van der Waals surface area contributed by atoms with Gasteiger partial charge in [-0.3, -0.25) is 4.99 Å². The molecule has 0 amide bonds. The first-order valence-electron chi connectivity index (χ1n) is 6.20. The van der Waals surface area contributed by atoms with E-state index in [-0.39, 0.29) is 5.54 Å². The standard InChI is InChI=1S/C13H25N3/c1-11(2)6-12(3,4)8-13(7-11)9-15-10(14)16(13)5/h6-9H2,1-5H3,(H2,14,15). The van der Waals surface area contributed by atoms with Crippen LogP contribution in [0.2, 0.25) is 0 Å². The van der Waals surface area contributed by atoms with Gasteiger partial charge in [0.05, 0.1) is 12.1 Å². The van der Waals surface area contributed by atoms with Gasteiger partial charge in [0.2, 0.25) is 0 Å². The summed E-state index contributed by atoms with van der Waals surface area (Å²) in [6.07, 6.45) is 3.68. The molecule has 92 valence electrons. The fourth-order valence-corrected chi connectivity index (χ4v) is 4.30. The van der Waals surface area contributed by atoms with Crippen molar-refractivity contribution in [2.45, 2.75) is 52.5 Å². The van der Waals surface area contributed by atoms with E-state index < -0.39 is 0 Å². The molecule has 16 heavy (non-hydrogen) atoms. The van der Waals surface area contributed by atoms with Gasteiger partial charge in [-0.1, -0.05) is 27.7 Å². The summed E-state index contributed by atoms with van der Waals surface area (Å²) >= 11 is 0. The highest BCUT2D eigenvalue weighted by atomic mass is 15.3. The smallest absolute Gasteiger partial charge is 0.191 e. The molecule has 0 radical (unpaired) electrons. The Morgan fingerprint density at radius 2 is 1.56 bits per heavy atom. The average Bonchev–Trinajstić information content (AvgIpc) is 2.28. The van der Waals surface area contributed by atoms with Crippen LogP contribution in [0.4, 0.5) is 0 Å². The Bertz CT molecular complexity index is 312. The van der Waals surface area contributed by atoms with Crippen molar-refractivity contribution >= 4 is 5.96 Å². The summed E-state index contributed by atoms with van der Waals surface area (Å²) in [5, 5.41) is 0. The van der Waals surface area contributed by atoms with Gasteiger partial charge in [0.1, 0.15) is 0 Å². The van der Waals surface area contributed by atoms with E-state index in [2.05, 4.69) is 44.6 Å². The van der Waals surface area contributed by atoms with Crippen LogP contribution in [0, 0.1) is 10.8 Å². The summed E-state index contributed by atoms with van der Waals surface area (Å²) in [7, 11) is 2.10. The maximum absolute atomic E-state index is 5.94. The Labute approximate surface area is 99.1 Å². The number of guanidine groups is 1. The van der Waals surface area contributed by atoms with E-state index in [0.717, 1.165) is 6.54 Å². The SMILES string of the molecule is CN1C(N)=NCC12CC(C)(C)CC(C)(C)C2. The minimum atomic E-state index is 0.176. The molecule has 0 aromatic rings. The molecule has 1 spiro atoms. The molecule has 3 nitrogen and oxygen atoms in total. The van der Waals surface area contributed by atoms with Crippen molar-refractivity contribution in [3.63, 3.8) is 0 Å². The molecule has 1 heterocycles. The highest BCUT2D eigenvalue weighted by Crippen LogP contribution is 2.52. The molecule has 0 saturated heterocycles. The van der Waals surface area contributed by atoms with E-state index in [1.807, 2.05) is 0 Å². The van der Waals surface area contributed by atoms with Crippen molar-refractivity contribution in [1.82, 2.24) is 4.90 Å². The first-order chi connectivity index (χ1) is 7.16. The third-order valence-corrected chi connectivity index (χ3v) is 4.16. The van der Waals surface area contributed by atoms with E-state index in [9.17, 15) is 0 Å². The number of aliphatic imine (C=N–C) groups is 1. The third-order valence-electron chi connectivity index (χ3n) is 4.16. The van der Waals surface area contributed by atoms with Gasteiger partial charge in [-0.05, 0) is 30.1 Å². The molecule has 2 rings (SSSR count). The number of likely N-dealkylation sites (N-methyl/N-ethyl adjacent to an activating group) is 1. The van der Waals surface area contributed by atoms with Gasteiger partial charge in [0.15, 0.2) is 5.96 Å². The lowest BCUT2D eigenvalue weighted by Gasteiger charge is -2.53. The summed E-state index contributed by atoms with van der Waals surface area (Å²) in [4.78, 5) is 6.66. The fraction of sp³-hybridized carbons (Fsp3) is 0.923. The number of hydrogen-bond acceptors (Lipinski definition) is 3. The van der Waals surface area contributed by atoms with Crippen molar-refractivity contribution in [1.29, 1.82) is 0 Å². The predicted octanol–water partition coefficient (Wildman–Crippen LogP) is 2.22. The molecule has 0 aromatic carbocycles. The van der Waals surface area contributed by atoms with Crippen LogP contribution in [-0.4, -0.2) is 30.0 Å².